The molecule has 0 aliphatic heterocycles. The van der Waals surface area contributed by atoms with Crippen molar-refractivity contribution in [1.82, 2.24) is 4.98 Å². The predicted molar refractivity (Wildman–Crippen MR) is 61.1 cm³/mol. The number of ether oxygens (including phenoxy) is 3. The molecule has 0 radical (unpaired) electrons. The minimum Gasteiger partial charge on any atom is -0.491 e. The van der Waals surface area contributed by atoms with Crippen molar-refractivity contribution in [2.24, 2.45) is 5.73 Å². The molecule has 1 aromatic rings. The van der Waals surface area contributed by atoms with Gasteiger partial charge in [0.15, 0.2) is 5.75 Å². The summed E-state index contributed by atoms with van der Waals surface area (Å²) in [5, 5.41) is 0. The zero-order valence-electron chi connectivity index (χ0n) is 10.8. The molecule has 112 valence electrons. The molecular weight excluding hydrogens is 281 g/mol. The molecule has 0 saturated heterocycles. The van der Waals surface area contributed by atoms with E-state index in [1.54, 1.807) is 0 Å². The number of hydrogen-bond acceptors (Lipinski definition) is 6. The lowest BCUT2D eigenvalue weighted by molar-refractivity contribution is -0.276. The Morgan fingerprint density at radius 2 is 2.05 bits per heavy atom. The van der Waals surface area contributed by atoms with Crippen LogP contribution in [-0.4, -0.2) is 31.5 Å². The van der Waals surface area contributed by atoms with E-state index >= 15 is 0 Å². The number of nitrogens with two attached hydrogens (primary N) is 1. The van der Waals surface area contributed by atoms with Gasteiger partial charge in [-0.15, -0.1) is 13.2 Å². The largest absolute Gasteiger partial charge is 0.574 e. The van der Waals surface area contributed by atoms with E-state index in [0.717, 1.165) is 20.4 Å². The smallest absolute Gasteiger partial charge is 0.491 e. The maximum Gasteiger partial charge on any atom is 0.574 e. The summed E-state index contributed by atoms with van der Waals surface area (Å²) in [6.07, 6.45) is -4.13. The Balaban J connectivity index is 3.28. The Morgan fingerprint density at radius 1 is 1.40 bits per heavy atom. The van der Waals surface area contributed by atoms with Crippen molar-refractivity contribution >= 4 is 5.97 Å². The lowest BCUT2D eigenvalue weighted by Gasteiger charge is -2.16. The van der Waals surface area contributed by atoms with E-state index in [1.807, 2.05) is 0 Å². The molecule has 0 bridgehead atoms. The zero-order chi connectivity index (χ0) is 15.3. The molecule has 0 aromatic carbocycles. The van der Waals surface area contributed by atoms with E-state index in [-0.39, 0.29) is 24.3 Å². The fourth-order valence-electron chi connectivity index (χ4n) is 1.53. The van der Waals surface area contributed by atoms with Crippen molar-refractivity contribution in [3.8, 4) is 11.6 Å². The van der Waals surface area contributed by atoms with Gasteiger partial charge in [0.1, 0.15) is 0 Å². The maximum atomic E-state index is 12.3. The van der Waals surface area contributed by atoms with E-state index in [0.29, 0.717) is 5.56 Å². The minimum absolute atomic E-state index is 0.0258. The van der Waals surface area contributed by atoms with Crippen LogP contribution < -0.4 is 15.2 Å². The molecule has 0 saturated carbocycles. The first kappa shape index (κ1) is 16.0. The van der Waals surface area contributed by atoms with Gasteiger partial charge in [-0.05, 0) is 5.56 Å². The number of hydrogen-bond donors (Lipinski definition) is 1. The SMILES string of the molecule is COC(=O)Cc1c(CN)cnc(OC(F)(F)F)c1OC. The summed E-state index contributed by atoms with van der Waals surface area (Å²) in [7, 11) is 2.30. The Kier molecular flexibility index (Phi) is 5.14. The average Bonchev–Trinajstić information content (AvgIpc) is 2.37. The molecule has 0 aliphatic carbocycles. The number of methoxy groups -OCH3 is 2. The zero-order valence-corrected chi connectivity index (χ0v) is 10.8. The number of aromatic nitrogens is 1. The Morgan fingerprint density at radius 3 is 2.50 bits per heavy atom. The highest BCUT2D eigenvalue weighted by atomic mass is 19.4. The second kappa shape index (κ2) is 6.42. The van der Waals surface area contributed by atoms with Crippen LogP contribution in [0.5, 0.6) is 11.6 Å². The van der Waals surface area contributed by atoms with Gasteiger partial charge in [-0.2, -0.15) is 0 Å². The molecule has 20 heavy (non-hydrogen) atoms. The number of carbonyl (C=O) groups is 1. The number of nitrogens with zero attached hydrogens (tertiary/aromatic N) is 1. The van der Waals surface area contributed by atoms with Gasteiger partial charge in [-0.1, -0.05) is 0 Å². The van der Waals surface area contributed by atoms with Crippen LogP contribution in [0.25, 0.3) is 0 Å². The molecule has 0 fully saturated rings. The standard InChI is InChI=1S/C11H13F3N2O4/c1-18-8(17)3-7-6(4-15)5-16-10(9(7)19-2)20-11(12,13)14/h5H,3-4,15H2,1-2H3. The second-order valence-corrected chi connectivity index (χ2v) is 3.61. The van der Waals surface area contributed by atoms with Crippen molar-refractivity contribution in [3.05, 3.63) is 17.3 Å². The lowest BCUT2D eigenvalue weighted by atomic mass is 10.1. The number of alkyl halides is 3. The van der Waals surface area contributed by atoms with Gasteiger partial charge >= 0.3 is 12.3 Å². The number of carbonyl (C=O) groups excluding carboxylic acids is 1. The molecule has 2 N–H and O–H groups in total. The number of pyridine rings is 1. The highest BCUT2D eigenvalue weighted by Gasteiger charge is 2.34. The monoisotopic (exact) mass is 294 g/mol. The highest BCUT2D eigenvalue weighted by Crippen LogP contribution is 2.35. The summed E-state index contributed by atoms with van der Waals surface area (Å²) in [4.78, 5) is 14.8. The van der Waals surface area contributed by atoms with Crippen molar-refractivity contribution < 1.29 is 32.2 Å². The molecule has 0 aliphatic rings. The van der Waals surface area contributed by atoms with Gasteiger partial charge in [0.2, 0.25) is 0 Å². The van der Waals surface area contributed by atoms with Crippen LogP contribution in [-0.2, 0) is 22.5 Å². The highest BCUT2D eigenvalue weighted by molar-refractivity contribution is 5.74. The first-order valence-corrected chi connectivity index (χ1v) is 5.39. The van der Waals surface area contributed by atoms with Crippen LogP contribution in [0.4, 0.5) is 13.2 Å². The Hall–Kier alpha value is -2.03. The molecule has 6 nitrogen and oxygen atoms in total. The Bertz CT molecular complexity index is 491. The summed E-state index contributed by atoms with van der Waals surface area (Å²) in [6, 6.07) is 0. The lowest BCUT2D eigenvalue weighted by Crippen LogP contribution is -2.20. The topological polar surface area (TPSA) is 83.7 Å². The van der Waals surface area contributed by atoms with Gasteiger partial charge < -0.3 is 19.9 Å². The van der Waals surface area contributed by atoms with Gasteiger partial charge in [0.25, 0.3) is 5.88 Å². The van der Waals surface area contributed by atoms with Gasteiger partial charge in [-0.25, -0.2) is 4.98 Å². The molecule has 1 aromatic heterocycles. The van der Waals surface area contributed by atoms with Gasteiger partial charge in [0.05, 0.1) is 20.6 Å². The molecule has 1 rings (SSSR count). The minimum atomic E-state index is -4.92. The molecule has 9 heteroatoms. The Labute approximate surface area is 112 Å². The van der Waals surface area contributed by atoms with Crippen LogP contribution >= 0.6 is 0 Å². The summed E-state index contributed by atoms with van der Waals surface area (Å²) in [5.41, 5.74) is 5.97. The van der Waals surface area contributed by atoms with Crippen LogP contribution in [0.2, 0.25) is 0 Å². The molecule has 0 unspecified atom stereocenters. The van der Waals surface area contributed by atoms with E-state index in [1.165, 1.54) is 0 Å². The van der Waals surface area contributed by atoms with E-state index < -0.39 is 18.2 Å². The van der Waals surface area contributed by atoms with Crippen LogP contribution in [0, 0.1) is 0 Å². The summed E-state index contributed by atoms with van der Waals surface area (Å²) in [5.74, 6) is -1.73. The fraction of sp³-hybridized carbons (Fsp3) is 0.455. The quantitative estimate of drug-likeness (QED) is 0.820. The van der Waals surface area contributed by atoms with Crippen molar-refractivity contribution in [2.45, 2.75) is 19.3 Å². The first-order chi connectivity index (χ1) is 9.32. The maximum absolute atomic E-state index is 12.3. The molecule has 0 spiro atoms. The fourth-order valence-corrected chi connectivity index (χ4v) is 1.53. The molecular formula is C11H13F3N2O4. The third kappa shape index (κ3) is 3.98. The molecule has 1 heterocycles. The van der Waals surface area contributed by atoms with E-state index in [2.05, 4.69) is 14.5 Å². The third-order valence-electron chi connectivity index (χ3n) is 2.38. The molecule has 0 atom stereocenters. The third-order valence-corrected chi connectivity index (χ3v) is 2.38. The summed E-state index contributed by atoms with van der Waals surface area (Å²) < 4.78 is 49.9. The van der Waals surface area contributed by atoms with Crippen LogP contribution in [0.15, 0.2) is 6.20 Å². The number of halogens is 3. The van der Waals surface area contributed by atoms with Crippen molar-refractivity contribution in [1.29, 1.82) is 0 Å². The number of rotatable bonds is 5. The van der Waals surface area contributed by atoms with Gasteiger partial charge in [-0.3, -0.25) is 4.79 Å². The predicted octanol–water partition coefficient (Wildman–Crippen LogP) is 1.16. The second-order valence-electron chi connectivity index (χ2n) is 3.61. The normalized spacial score (nSPS) is 11.1. The van der Waals surface area contributed by atoms with Crippen molar-refractivity contribution in [3.63, 3.8) is 0 Å². The summed E-state index contributed by atoms with van der Waals surface area (Å²) >= 11 is 0. The first-order valence-electron chi connectivity index (χ1n) is 5.39. The van der Waals surface area contributed by atoms with E-state index in [4.69, 9.17) is 10.5 Å². The van der Waals surface area contributed by atoms with Gasteiger partial charge in [0, 0.05) is 18.3 Å². The van der Waals surface area contributed by atoms with E-state index in [9.17, 15) is 18.0 Å². The van der Waals surface area contributed by atoms with Crippen LogP contribution in [0.3, 0.4) is 0 Å². The van der Waals surface area contributed by atoms with Crippen LogP contribution in [0.1, 0.15) is 11.1 Å². The average molecular weight is 294 g/mol. The molecule has 0 amide bonds. The summed E-state index contributed by atoms with van der Waals surface area (Å²) in [6.45, 7) is -0.0258. The van der Waals surface area contributed by atoms with Crippen molar-refractivity contribution in [2.75, 3.05) is 14.2 Å². The number of esters is 1.